The molecule has 6 nitrogen and oxygen atoms in total. The first-order chi connectivity index (χ1) is 12.4. The van der Waals surface area contributed by atoms with Crippen molar-refractivity contribution in [2.24, 2.45) is 10.9 Å². The van der Waals surface area contributed by atoms with E-state index in [1.54, 1.807) is 13.1 Å². The number of aliphatic imine (C=N–C) groups is 1. The minimum atomic E-state index is -3.17. The average Bonchev–Trinajstić information content (AvgIpc) is 3.33. The number of rotatable bonds is 6. The Morgan fingerprint density at radius 1 is 1.27 bits per heavy atom. The summed E-state index contributed by atoms with van der Waals surface area (Å²) in [5, 5.41) is 6.75. The zero-order valence-electron chi connectivity index (χ0n) is 16.0. The van der Waals surface area contributed by atoms with Gasteiger partial charge in [0.1, 0.15) is 0 Å². The summed E-state index contributed by atoms with van der Waals surface area (Å²) in [4.78, 5) is 7.31. The van der Waals surface area contributed by atoms with E-state index in [1.807, 2.05) is 19.1 Å². The van der Waals surface area contributed by atoms with Gasteiger partial charge >= 0.3 is 0 Å². The minimum absolute atomic E-state index is 0.394. The predicted molar refractivity (Wildman–Crippen MR) is 105 cm³/mol. The van der Waals surface area contributed by atoms with E-state index < -0.39 is 9.84 Å². The van der Waals surface area contributed by atoms with Gasteiger partial charge in [-0.1, -0.05) is 12.1 Å². The number of likely N-dealkylation sites (tertiary alicyclic amines) is 1. The molecule has 1 aromatic rings. The Morgan fingerprint density at radius 2 is 2.04 bits per heavy atom. The molecule has 2 N–H and O–H groups in total. The Bertz CT molecular complexity index is 772. The van der Waals surface area contributed by atoms with Crippen molar-refractivity contribution in [1.29, 1.82) is 0 Å². The molecule has 1 aromatic carbocycles. The van der Waals surface area contributed by atoms with Crippen LogP contribution in [0.2, 0.25) is 0 Å². The van der Waals surface area contributed by atoms with Gasteiger partial charge in [-0.15, -0.1) is 0 Å². The van der Waals surface area contributed by atoms with Crippen LogP contribution in [-0.4, -0.2) is 58.3 Å². The molecular formula is C19H30N4O2S. The highest BCUT2D eigenvalue weighted by Gasteiger charge is 2.34. The van der Waals surface area contributed by atoms with Crippen LogP contribution in [-0.2, 0) is 16.4 Å². The summed E-state index contributed by atoms with van der Waals surface area (Å²) >= 11 is 0. The molecule has 26 heavy (non-hydrogen) atoms. The van der Waals surface area contributed by atoms with Gasteiger partial charge in [0, 0.05) is 39.0 Å². The number of guanidine groups is 1. The van der Waals surface area contributed by atoms with E-state index in [2.05, 4.69) is 20.5 Å². The summed E-state index contributed by atoms with van der Waals surface area (Å²) in [7, 11) is -1.39. The molecule has 2 aliphatic rings. The third kappa shape index (κ3) is 4.98. The molecule has 1 heterocycles. The summed E-state index contributed by atoms with van der Waals surface area (Å²) in [5.41, 5.74) is 1.82. The van der Waals surface area contributed by atoms with E-state index in [0.717, 1.165) is 29.7 Å². The SMILES string of the molecule is CN=C(NCc1ccc(S(C)(=O)=O)c(C)c1)NCC1CCN(C2CC2)C1. The van der Waals surface area contributed by atoms with Crippen molar-refractivity contribution in [3.8, 4) is 0 Å². The molecular weight excluding hydrogens is 348 g/mol. The minimum Gasteiger partial charge on any atom is -0.356 e. The van der Waals surface area contributed by atoms with E-state index in [1.165, 1.54) is 38.6 Å². The number of hydrogen-bond acceptors (Lipinski definition) is 4. The Labute approximate surface area is 157 Å². The van der Waals surface area contributed by atoms with Crippen molar-refractivity contribution < 1.29 is 8.42 Å². The lowest BCUT2D eigenvalue weighted by Crippen LogP contribution is -2.40. The molecule has 1 unspecified atom stereocenters. The van der Waals surface area contributed by atoms with Gasteiger partial charge in [-0.3, -0.25) is 4.99 Å². The highest BCUT2D eigenvalue weighted by Crippen LogP contribution is 2.31. The number of nitrogens with one attached hydrogen (secondary N) is 2. The normalized spacial score (nSPS) is 21.8. The standard InChI is InChI=1S/C19H30N4O2S/c1-14-10-15(4-7-18(14)26(3,24)25)11-21-19(20-2)22-12-16-8-9-23(13-16)17-5-6-17/h4,7,10,16-17H,5-6,8-9,11-13H2,1-3H3,(H2,20,21,22). The predicted octanol–water partition coefficient (Wildman–Crippen LogP) is 1.55. The fraction of sp³-hybridized carbons (Fsp3) is 0.632. The summed E-state index contributed by atoms with van der Waals surface area (Å²) < 4.78 is 23.4. The summed E-state index contributed by atoms with van der Waals surface area (Å²) in [6, 6.07) is 6.31. The molecule has 1 atom stereocenters. The first-order valence-electron chi connectivity index (χ1n) is 9.35. The van der Waals surface area contributed by atoms with Crippen LogP contribution in [0.3, 0.4) is 0 Å². The largest absolute Gasteiger partial charge is 0.356 e. The van der Waals surface area contributed by atoms with Crippen molar-refractivity contribution in [1.82, 2.24) is 15.5 Å². The zero-order valence-corrected chi connectivity index (χ0v) is 16.8. The third-order valence-electron chi connectivity index (χ3n) is 5.26. The Hall–Kier alpha value is -1.60. The molecule has 2 fully saturated rings. The van der Waals surface area contributed by atoms with Crippen LogP contribution in [0, 0.1) is 12.8 Å². The van der Waals surface area contributed by atoms with Gasteiger partial charge in [-0.25, -0.2) is 8.42 Å². The van der Waals surface area contributed by atoms with Gasteiger partial charge in [0.15, 0.2) is 15.8 Å². The second-order valence-corrected chi connectivity index (χ2v) is 9.54. The van der Waals surface area contributed by atoms with Gasteiger partial charge in [0.05, 0.1) is 4.90 Å². The second kappa shape index (κ2) is 7.96. The number of benzene rings is 1. The number of hydrogen-bond donors (Lipinski definition) is 2. The zero-order chi connectivity index (χ0) is 18.7. The van der Waals surface area contributed by atoms with E-state index in [9.17, 15) is 8.42 Å². The van der Waals surface area contributed by atoms with Crippen molar-refractivity contribution >= 4 is 15.8 Å². The fourth-order valence-corrected chi connectivity index (χ4v) is 4.64. The molecule has 1 saturated heterocycles. The van der Waals surface area contributed by atoms with E-state index in [-0.39, 0.29) is 0 Å². The average molecular weight is 379 g/mol. The van der Waals surface area contributed by atoms with Crippen LogP contribution in [0.15, 0.2) is 28.1 Å². The summed E-state index contributed by atoms with van der Waals surface area (Å²) in [6.07, 6.45) is 5.25. The summed E-state index contributed by atoms with van der Waals surface area (Å²) in [6.45, 7) is 5.81. The van der Waals surface area contributed by atoms with Crippen LogP contribution in [0.1, 0.15) is 30.4 Å². The highest BCUT2D eigenvalue weighted by molar-refractivity contribution is 7.90. The Balaban J connectivity index is 1.47. The molecule has 0 bridgehead atoms. The maximum absolute atomic E-state index is 11.7. The third-order valence-corrected chi connectivity index (χ3v) is 6.52. The fourth-order valence-electron chi connectivity index (χ4n) is 3.69. The van der Waals surface area contributed by atoms with Crippen molar-refractivity contribution in [2.75, 3.05) is 32.9 Å². The van der Waals surface area contributed by atoms with E-state index in [0.29, 0.717) is 17.4 Å². The maximum Gasteiger partial charge on any atom is 0.191 e. The Kier molecular flexibility index (Phi) is 5.87. The molecule has 0 spiro atoms. The second-order valence-electron chi connectivity index (χ2n) is 7.56. The molecule has 1 saturated carbocycles. The first-order valence-corrected chi connectivity index (χ1v) is 11.2. The monoisotopic (exact) mass is 378 g/mol. The van der Waals surface area contributed by atoms with Crippen LogP contribution < -0.4 is 10.6 Å². The highest BCUT2D eigenvalue weighted by atomic mass is 32.2. The van der Waals surface area contributed by atoms with Crippen molar-refractivity contribution in [3.63, 3.8) is 0 Å². The van der Waals surface area contributed by atoms with Gasteiger partial charge in [-0.05, 0) is 55.8 Å². The van der Waals surface area contributed by atoms with Crippen molar-refractivity contribution in [2.45, 2.75) is 43.7 Å². The van der Waals surface area contributed by atoms with Crippen LogP contribution in [0.25, 0.3) is 0 Å². The number of aryl methyl sites for hydroxylation is 1. The molecule has 0 radical (unpaired) electrons. The van der Waals surface area contributed by atoms with Gasteiger partial charge in [-0.2, -0.15) is 0 Å². The lowest BCUT2D eigenvalue weighted by molar-refractivity contribution is 0.314. The Morgan fingerprint density at radius 3 is 2.65 bits per heavy atom. The molecule has 0 aromatic heterocycles. The number of sulfone groups is 1. The quantitative estimate of drug-likeness (QED) is 0.580. The molecule has 144 valence electrons. The molecule has 1 aliphatic heterocycles. The number of nitrogens with zero attached hydrogens (tertiary/aromatic N) is 2. The van der Waals surface area contributed by atoms with Gasteiger partial charge in [0.2, 0.25) is 0 Å². The molecule has 0 amide bonds. The lowest BCUT2D eigenvalue weighted by atomic mass is 10.1. The smallest absolute Gasteiger partial charge is 0.191 e. The molecule has 3 rings (SSSR count). The summed E-state index contributed by atoms with van der Waals surface area (Å²) in [5.74, 6) is 1.48. The van der Waals surface area contributed by atoms with Crippen LogP contribution in [0.5, 0.6) is 0 Å². The van der Waals surface area contributed by atoms with Gasteiger partial charge < -0.3 is 15.5 Å². The van der Waals surface area contributed by atoms with Crippen LogP contribution in [0.4, 0.5) is 0 Å². The first kappa shape index (κ1) is 19.2. The van der Waals surface area contributed by atoms with E-state index >= 15 is 0 Å². The van der Waals surface area contributed by atoms with Gasteiger partial charge in [0.25, 0.3) is 0 Å². The van der Waals surface area contributed by atoms with Crippen LogP contribution >= 0.6 is 0 Å². The topological polar surface area (TPSA) is 73.8 Å². The molecule has 1 aliphatic carbocycles. The maximum atomic E-state index is 11.7. The van der Waals surface area contributed by atoms with Crippen molar-refractivity contribution in [3.05, 3.63) is 29.3 Å². The lowest BCUT2D eigenvalue weighted by Gasteiger charge is -2.17. The molecule has 7 heteroatoms. The van der Waals surface area contributed by atoms with E-state index in [4.69, 9.17) is 0 Å².